The first-order valence-electron chi connectivity index (χ1n) is 9.63. The number of alkyl halides is 2. The minimum Gasteiger partial charge on any atom is -0.387 e. The van der Waals surface area contributed by atoms with Crippen LogP contribution < -0.4 is 0 Å². The standard InChI is InChI=1S/C22H26BrFO3/c1-20-8-7-17-15(16(20)5-6-18(20)19(25)12-23)4-3-14-11-21(26,13-27-2)9-10-22(14,17)24/h5-8,14,26H,3-4,9-13H2,1-2H3/t14-,20+,21-,22-/m1/s1. The highest BCUT2D eigenvalue weighted by atomic mass is 79.9. The van der Waals surface area contributed by atoms with Gasteiger partial charge in [0.15, 0.2) is 5.78 Å². The molecule has 0 aromatic carbocycles. The zero-order valence-electron chi connectivity index (χ0n) is 15.9. The molecule has 0 aromatic rings. The molecule has 27 heavy (non-hydrogen) atoms. The van der Waals surface area contributed by atoms with Crippen LogP contribution in [0.1, 0.15) is 39.0 Å². The Hall–Kier alpha value is -1.04. The number of methoxy groups -OCH3 is 1. The van der Waals surface area contributed by atoms with Crippen LogP contribution in [-0.2, 0) is 9.53 Å². The number of ether oxygens (including phenoxy) is 1. The summed E-state index contributed by atoms with van der Waals surface area (Å²) in [6.45, 7) is 2.31. The lowest BCUT2D eigenvalue weighted by Crippen LogP contribution is -2.52. The van der Waals surface area contributed by atoms with E-state index in [0.717, 1.165) is 28.7 Å². The molecule has 4 aliphatic carbocycles. The molecule has 0 radical (unpaired) electrons. The van der Waals surface area contributed by atoms with Gasteiger partial charge >= 0.3 is 0 Å². The number of carbonyl (C=O) groups excluding carboxylic acids is 1. The number of fused-ring (bicyclic) bond motifs is 4. The third-order valence-corrected chi connectivity index (χ3v) is 7.53. The van der Waals surface area contributed by atoms with Gasteiger partial charge in [-0.25, -0.2) is 4.39 Å². The van der Waals surface area contributed by atoms with E-state index in [1.54, 1.807) is 7.11 Å². The predicted molar refractivity (Wildman–Crippen MR) is 106 cm³/mol. The molecule has 4 rings (SSSR count). The van der Waals surface area contributed by atoms with Crippen LogP contribution in [0.3, 0.4) is 0 Å². The number of rotatable bonds is 4. The van der Waals surface area contributed by atoms with E-state index in [4.69, 9.17) is 4.74 Å². The van der Waals surface area contributed by atoms with Crippen molar-refractivity contribution in [2.45, 2.75) is 50.3 Å². The van der Waals surface area contributed by atoms with Crippen LogP contribution in [0.15, 0.2) is 46.6 Å². The summed E-state index contributed by atoms with van der Waals surface area (Å²) in [5.74, 6) is -0.124. The number of halogens is 2. The molecule has 0 bridgehead atoms. The summed E-state index contributed by atoms with van der Waals surface area (Å²) in [6.07, 6.45) is 10.5. The fourth-order valence-corrected chi connectivity index (χ4v) is 5.91. The van der Waals surface area contributed by atoms with E-state index < -0.39 is 16.7 Å². The Labute approximate surface area is 168 Å². The Morgan fingerprint density at radius 3 is 2.89 bits per heavy atom. The Morgan fingerprint density at radius 1 is 1.41 bits per heavy atom. The van der Waals surface area contributed by atoms with E-state index in [9.17, 15) is 9.90 Å². The minimum absolute atomic E-state index is 0.0726. The molecule has 0 heterocycles. The second kappa shape index (κ2) is 6.50. The summed E-state index contributed by atoms with van der Waals surface area (Å²) in [7, 11) is 1.58. The lowest BCUT2D eigenvalue weighted by atomic mass is 9.58. The van der Waals surface area contributed by atoms with Gasteiger partial charge in [-0.3, -0.25) is 4.79 Å². The number of hydrogen-bond acceptors (Lipinski definition) is 3. The fraction of sp³-hybridized carbons (Fsp3) is 0.591. The lowest BCUT2D eigenvalue weighted by molar-refractivity contribution is -0.113. The fourth-order valence-electron chi connectivity index (χ4n) is 5.61. The summed E-state index contributed by atoms with van der Waals surface area (Å²) in [5.41, 5.74) is 0.867. The van der Waals surface area contributed by atoms with Crippen LogP contribution in [0.25, 0.3) is 0 Å². The average molecular weight is 437 g/mol. The molecule has 1 fully saturated rings. The van der Waals surface area contributed by atoms with Crippen molar-refractivity contribution in [3.63, 3.8) is 0 Å². The van der Waals surface area contributed by atoms with Crippen molar-refractivity contribution in [2.75, 3.05) is 19.0 Å². The van der Waals surface area contributed by atoms with E-state index >= 15 is 4.39 Å². The maximum absolute atomic E-state index is 16.3. The summed E-state index contributed by atoms with van der Waals surface area (Å²) < 4.78 is 21.4. The minimum atomic E-state index is -1.41. The molecular weight excluding hydrogens is 411 g/mol. The number of carbonyl (C=O) groups is 1. The molecule has 1 N–H and O–H groups in total. The largest absolute Gasteiger partial charge is 0.387 e. The first-order chi connectivity index (χ1) is 12.8. The van der Waals surface area contributed by atoms with Gasteiger partial charge in [0.25, 0.3) is 0 Å². The Bertz CT molecular complexity index is 810. The summed E-state index contributed by atoms with van der Waals surface area (Å²) in [6, 6.07) is 0. The topological polar surface area (TPSA) is 46.5 Å². The van der Waals surface area contributed by atoms with Gasteiger partial charge in [0, 0.05) is 24.0 Å². The third kappa shape index (κ3) is 2.77. The molecule has 3 nitrogen and oxygen atoms in total. The zero-order valence-corrected chi connectivity index (χ0v) is 17.4. The van der Waals surface area contributed by atoms with Gasteiger partial charge in [-0.15, -0.1) is 0 Å². The molecule has 4 aliphatic rings. The van der Waals surface area contributed by atoms with Crippen molar-refractivity contribution < 1.29 is 19.0 Å². The van der Waals surface area contributed by atoms with Gasteiger partial charge in [-0.1, -0.05) is 40.2 Å². The van der Waals surface area contributed by atoms with Gasteiger partial charge in [0.05, 0.1) is 17.5 Å². The molecule has 0 amide bonds. The maximum atomic E-state index is 16.3. The number of hydrogen-bond donors (Lipinski definition) is 1. The van der Waals surface area contributed by atoms with Gasteiger partial charge in [0.2, 0.25) is 0 Å². The number of Topliss-reactive ketones (excluding diaryl/α,β-unsaturated/α-hetero) is 1. The van der Waals surface area contributed by atoms with Crippen LogP contribution in [-0.4, -0.2) is 41.2 Å². The quantitative estimate of drug-likeness (QED) is 0.665. The molecule has 5 heteroatoms. The van der Waals surface area contributed by atoms with Crippen LogP contribution in [0.4, 0.5) is 4.39 Å². The highest BCUT2D eigenvalue weighted by Gasteiger charge is 2.55. The van der Waals surface area contributed by atoms with E-state index in [-0.39, 0.29) is 18.3 Å². The molecular formula is C22H26BrFO3. The molecule has 4 atom stereocenters. The smallest absolute Gasteiger partial charge is 0.170 e. The monoisotopic (exact) mass is 436 g/mol. The Kier molecular flexibility index (Phi) is 4.64. The number of aliphatic hydroxyl groups is 1. The molecule has 0 saturated heterocycles. The summed E-state index contributed by atoms with van der Waals surface area (Å²) >= 11 is 3.27. The second-order valence-electron chi connectivity index (χ2n) is 8.60. The first-order valence-corrected chi connectivity index (χ1v) is 10.8. The lowest BCUT2D eigenvalue weighted by Gasteiger charge is -2.50. The van der Waals surface area contributed by atoms with Crippen molar-refractivity contribution in [2.24, 2.45) is 11.3 Å². The van der Waals surface area contributed by atoms with E-state index in [0.29, 0.717) is 31.0 Å². The van der Waals surface area contributed by atoms with Gasteiger partial charge < -0.3 is 9.84 Å². The molecule has 0 aromatic heterocycles. The number of ketones is 1. The van der Waals surface area contributed by atoms with Gasteiger partial charge in [-0.2, -0.15) is 0 Å². The highest BCUT2D eigenvalue weighted by molar-refractivity contribution is 9.09. The van der Waals surface area contributed by atoms with Crippen LogP contribution in [0.5, 0.6) is 0 Å². The molecule has 1 saturated carbocycles. The second-order valence-corrected chi connectivity index (χ2v) is 9.17. The summed E-state index contributed by atoms with van der Waals surface area (Å²) in [4.78, 5) is 12.3. The molecule has 146 valence electrons. The third-order valence-electron chi connectivity index (χ3n) is 7.02. The van der Waals surface area contributed by atoms with Crippen molar-refractivity contribution in [1.82, 2.24) is 0 Å². The van der Waals surface area contributed by atoms with Crippen molar-refractivity contribution in [3.05, 3.63) is 46.6 Å². The molecule has 0 aliphatic heterocycles. The van der Waals surface area contributed by atoms with Crippen molar-refractivity contribution in [3.8, 4) is 0 Å². The predicted octanol–water partition coefficient (Wildman–Crippen LogP) is 4.37. The molecule has 0 unspecified atom stereocenters. The number of allylic oxidation sites excluding steroid dienone is 8. The van der Waals surface area contributed by atoms with Gasteiger partial charge in [0.1, 0.15) is 5.67 Å². The van der Waals surface area contributed by atoms with Crippen LogP contribution >= 0.6 is 15.9 Å². The summed E-state index contributed by atoms with van der Waals surface area (Å²) in [5, 5.41) is 11.0. The first kappa shape index (κ1) is 19.3. The van der Waals surface area contributed by atoms with Crippen molar-refractivity contribution in [1.29, 1.82) is 0 Å². The van der Waals surface area contributed by atoms with Crippen molar-refractivity contribution >= 4 is 21.7 Å². The Morgan fingerprint density at radius 2 is 2.19 bits per heavy atom. The normalized spacial score (nSPS) is 40.1. The maximum Gasteiger partial charge on any atom is 0.170 e. The average Bonchev–Trinajstić information content (AvgIpc) is 2.99. The van der Waals surface area contributed by atoms with E-state index in [1.807, 2.05) is 31.2 Å². The van der Waals surface area contributed by atoms with E-state index in [2.05, 4.69) is 15.9 Å². The van der Waals surface area contributed by atoms with Crippen LogP contribution in [0, 0.1) is 11.3 Å². The zero-order chi connectivity index (χ0) is 19.4. The van der Waals surface area contributed by atoms with E-state index in [1.165, 1.54) is 0 Å². The SMILES string of the molecule is COC[C@@]1(O)CC[C@]2(F)C3=C(CC[C@@H]2C1)C1=CC=C(C(=O)CBr)[C@@]1(C)C=C3. The van der Waals surface area contributed by atoms with Gasteiger partial charge in [-0.05, 0) is 55.7 Å². The highest BCUT2D eigenvalue weighted by Crippen LogP contribution is 2.59. The van der Waals surface area contributed by atoms with Crippen LogP contribution in [0.2, 0.25) is 0 Å². The molecule has 0 spiro atoms. The Balaban J connectivity index is 1.67.